The third-order valence-corrected chi connectivity index (χ3v) is 3.65. The van der Waals surface area contributed by atoms with Gasteiger partial charge in [0.2, 0.25) is 0 Å². The molecule has 4 nitrogen and oxygen atoms in total. The second-order valence-corrected chi connectivity index (χ2v) is 5.23. The largest absolute Gasteiger partial charge is 0.493 e. The van der Waals surface area contributed by atoms with Crippen molar-refractivity contribution in [3.8, 4) is 11.5 Å². The summed E-state index contributed by atoms with van der Waals surface area (Å²) in [5, 5.41) is 0. The van der Waals surface area contributed by atoms with Gasteiger partial charge in [-0.1, -0.05) is 15.9 Å². The molecular formula is C13H18BrNO3. The van der Waals surface area contributed by atoms with Crippen molar-refractivity contribution in [2.24, 2.45) is 5.92 Å². The molecule has 1 aromatic carbocycles. The zero-order valence-corrected chi connectivity index (χ0v) is 12.2. The third kappa shape index (κ3) is 3.60. The summed E-state index contributed by atoms with van der Waals surface area (Å²) in [6, 6.07) is 3.91. The molecule has 1 N–H and O–H groups in total. The quantitative estimate of drug-likeness (QED) is 0.785. The molecule has 0 aliphatic heterocycles. The fourth-order valence-electron chi connectivity index (χ4n) is 1.63. The molecule has 1 saturated carbocycles. The minimum absolute atomic E-state index is 0.607. The summed E-state index contributed by atoms with van der Waals surface area (Å²) in [6.45, 7) is 1.38. The summed E-state index contributed by atoms with van der Waals surface area (Å²) in [6.07, 6.45) is 2.55. The second-order valence-electron chi connectivity index (χ2n) is 4.37. The van der Waals surface area contributed by atoms with Crippen molar-refractivity contribution in [2.75, 3.05) is 20.8 Å². The molecule has 0 atom stereocenters. The number of halogens is 1. The summed E-state index contributed by atoms with van der Waals surface area (Å²) in [7, 11) is 3.25. The van der Waals surface area contributed by atoms with Gasteiger partial charge in [0.25, 0.3) is 0 Å². The van der Waals surface area contributed by atoms with Crippen LogP contribution in [-0.4, -0.2) is 20.8 Å². The van der Waals surface area contributed by atoms with Crippen molar-refractivity contribution in [3.05, 3.63) is 22.2 Å². The van der Waals surface area contributed by atoms with E-state index in [0.717, 1.165) is 34.1 Å². The molecule has 0 bridgehead atoms. The van der Waals surface area contributed by atoms with E-state index in [1.54, 1.807) is 14.2 Å². The summed E-state index contributed by atoms with van der Waals surface area (Å²) in [5.74, 6) is 2.27. The number of hydrogen-bond acceptors (Lipinski definition) is 4. The van der Waals surface area contributed by atoms with Crippen LogP contribution >= 0.6 is 15.9 Å². The maximum absolute atomic E-state index is 5.79. The van der Waals surface area contributed by atoms with Crippen molar-refractivity contribution >= 4 is 15.9 Å². The summed E-state index contributed by atoms with van der Waals surface area (Å²) in [5.41, 5.74) is 3.87. The van der Waals surface area contributed by atoms with Gasteiger partial charge in [0.05, 0.1) is 20.8 Å². The monoisotopic (exact) mass is 315 g/mol. The molecule has 5 heteroatoms. The fraction of sp³-hybridized carbons (Fsp3) is 0.538. The number of hydroxylamine groups is 1. The number of hydrogen-bond donors (Lipinski definition) is 1. The van der Waals surface area contributed by atoms with Gasteiger partial charge in [-0.2, -0.15) is 5.48 Å². The lowest BCUT2D eigenvalue weighted by molar-refractivity contribution is 0.0865. The molecule has 0 amide bonds. The Kier molecular flexibility index (Phi) is 4.86. The topological polar surface area (TPSA) is 39.7 Å². The Labute approximate surface area is 116 Å². The first-order chi connectivity index (χ1) is 8.74. The molecule has 0 saturated heterocycles. The molecule has 1 aromatic rings. The zero-order chi connectivity index (χ0) is 13.0. The number of nitrogens with one attached hydrogen (secondary N) is 1. The van der Waals surface area contributed by atoms with Crippen LogP contribution in [0.2, 0.25) is 0 Å². The number of ether oxygens (including phenoxy) is 2. The van der Waals surface area contributed by atoms with Crippen LogP contribution in [-0.2, 0) is 11.4 Å². The fourth-order valence-corrected chi connectivity index (χ4v) is 2.09. The Morgan fingerprint density at radius 3 is 2.67 bits per heavy atom. The highest BCUT2D eigenvalue weighted by molar-refractivity contribution is 9.10. The predicted molar refractivity (Wildman–Crippen MR) is 72.8 cm³/mol. The van der Waals surface area contributed by atoms with Crippen molar-refractivity contribution in [1.82, 2.24) is 5.48 Å². The van der Waals surface area contributed by atoms with Crippen molar-refractivity contribution in [3.63, 3.8) is 0 Å². The molecule has 1 aliphatic rings. The maximum atomic E-state index is 5.79. The minimum atomic E-state index is 0.607. The van der Waals surface area contributed by atoms with Crippen molar-refractivity contribution < 1.29 is 14.3 Å². The van der Waals surface area contributed by atoms with Gasteiger partial charge in [0.15, 0.2) is 11.5 Å². The van der Waals surface area contributed by atoms with E-state index >= 15 is 0 Å². The van der Waals surface area contributed by atoms with Gasteiger partial charge in [0.1, 0.15) is 0 Å². The second kappa shape index (κ2) is 6.41. The smallest absolute Gasteiger partial charge is 0.162 e. The van der Waals surface area contributed by atoms with E-state index in [2.05, 4.69) is 21.4 Å². The molecule has 0 heterocycles. The molecule has 2 rings (SSSR count). The van der Waals surface area contributed by atoms with Gasteiger partial charge >= 0.3 is 0 Å². The lowest BCUT2D eigenvalue weighted by Crippen LogP contribution is -2.11. The SMILES string of the molecule is CONCc1cc(OC)c(OCC2CC2)cc1Br. The van der Waals surface area contributed by atoms with Crippen molar-refractivity contribution in [1.29, 1.82) is 0 Å². The predicted octanol–water partition coefficient (Wildman–Crippen LogP) is 2.90. The van der Waals surface area contributed by atoms with Gasteiger partial charge in [-0.15, -0.1) is 0 Å². The molecule has 1 aliphatic carbocycles. The Morgan fingerprint density at radius 2 is 2.06 bits per heavy atom. The molecule has 0 spiro atoms. The summed E-state index contributed by atoms with van der Waals surface area (Å²) in [4.78, 5) is 4.85. The van der Waals surface area contributed by atoms with Crippen LogP contribution in [0.15, 0.2) is 16.6 Å². The highest BCUT2D eigenvalue weighted by Crippen LogP contribution is 2.36. The van der Waals surface area contributed by atoms with Crippen LogP contribution in [0.5, 0.6) is 11.5 Å². The van der Waals surface area contributed by atoms with Crippen molar-refractivity contribution in [2.45, 2.75) is 19.4 Å². The third-order valence-electron chi connectivity index (χ3n) is 2.91. The number of benzene rings is 1. The van der Waals surface area contributed by atoms with E-state index in [9.17, 15) is 0 Å². The molecular weight excluding hydrogens is 298 g/mol. The first-order valence-corrected chi connectivity index (χ1v) is 6.79. The highest BCUT2D eigenvalue weighted by Gasteiger charge is 2.22. The van der Waals surface area contributed by atoms with Crippen LogP contribution in [0.1, 0.15) is 18.4 Å². The van der Waals surface area contributed by atoms with E-state index in [1.165, 1.54) is 12.8 Å². The Balaban J connectivity index is 2.10. The number of methoxy groups -OCH3 is 1. The lowest BCUT2D eigenvalue weighted by atomic mass is 10.2. The summed E-state index contributed by atoms with van der Waals surface area (Å²) < 4.78 is 12.1. The zero-order valence-electron chi connectivity index (χ0n) is 10.7. The lowest BCUT2D eigenvalue weighted by Gasteiger charge is -2.14. The average Bonchev–Trinajstić information content (AvgIpc) is 3.19. The van der Waals surface area contributed by atoms with Gasteiger partial charge < -0.3 is 14.3 Å². The normalized spacial score (nSPS) is 14.6. The van der Waals surface area contributed by atoms with Gasteiger partial charge in [-0.25, -0.2) is 0 Å². The molecule has 0 aromatic heterocycles. The van der Waals surface area contributed by atoms with Gasteiger partial charge in [0, 0.05) is 11.0 Å². The number of rotatable bonds is 7. The Morgan fingerprint density at radius 1 is 1.28 bits per heavy atom. The molecule has 18 heavy (non-hydrogen) atoms. The van der Waals surface area contributed by atoms with E-state index < -0.39 is 0 Å². The molecule has 0 radical (unpaired) electrons. The van der Waals surface area contributed by atoms with Crippen LogP contribution in [0.4, 0.5) is 0 Å². The van der Waals surface area contributed by atoms with Gasteiger partial charge in [-0.3, -0.25) is 0 Å². The molecule has 100 valence electrons. The first-order valence-electron chi connectivity index (χ1n) is 5.99. The maximum Gasteiger partial charge on any atom is 0.162 e. The first kappa shape index (κ1) is 13.6. The highest BCUT2D eigenvalue weighted by atomic mass is 79.9. The summed E-state index contributed by atoms with van der Waals surface area (Å²) >= 11 is 3.53. The van der Waals surface area contributed by atoms with E-state index in [0.29, 0.717) is 6.54 Å². The standard InChI is InChI=1S/C13H18BrNO3/c1-16-12-5-10(7-15-17-2)11(14)6-13(12)18-8-9-3-4-9/h5-6,9,15H,3-4,7-8H2,1-2H3. The van der Waals surface area contributed by atoms with E-state index in [1.807, 2.05) is 12.1 Å². The van der Waals surface area contributed by atoms with Crippen LogP contribution in [0.3, 0.4) is 0 Å². The van der Waals surface area contributed by atoms with Crippen LogP contribution < -0.4 is 15.0 Å². The van der Waals surface area contributed by atoms with Crippen LogP contribution in [0.25, 0.3) is 0 Å². The molecule has 0 unspecified atom stereocenters. The minimum Gasteiger partial charge on any atom is -0.493 e. The van der Waals surface area contributed by atoms with Gasteiger partial charge in [-0.05, 0) is 36.5 Å². The van der Waals surface area contributed by atoms with E-state index in [-0.39, 0.29) is 0 Å². The Bertz CT molecular complexity index is 407. The Hall–Kier alpha value is -0.780. The molecule has 1 fully saturated rings. The van der Waals surface area contributed by atoms with E-state index in [4.69, 9.17) is 14.3 Å². The van der Waals surface area contributed by atoms with Crippen LogP contribution in [0, 0.1) is 5.92 Å². The average molecular weight is 316 g/mol.